The van der Waals surface area contributed by atoms with Crippen LogP contribution in [-0.2, 0) is 16.1 Å². The van der Waals surface area contributed by atoms with Crippen LogP contribution in [0.15, 0.2) is 48.5 Å². The van der Waals surface area contributed by atoms with E-state index in [0.717, 1.165) is 34.5 Å². The van der Waals surface area contributed by atoms with Crippen LogP contribution < -0.4 is 24.4 Å². The summed E-state index contributed by atoms with van der Waals surface area (Å²) in [5.41, 5.74) is 4.01. The molecule has 2 aliphatic rings. The second-order valence-corrected chi connectivity index (χ2v) is 9.93. The molecule has 3 aromatic rings. The molecular weight excluding hydrogens is 475 g/mol. The van der Waals surface area contributed by atoms with Gasteiger partial charge in [0.2, 0.25) is 0 Å². The van der Waals surface area contributed by atoms with Crippen molar-refractivity contribution < 1.29 is 28.1 Å². The molecule has 194 valence electrons. The van der Waals surface area contributed by atoms with Crippen molar-refractivity contribution in [1.82, 2.24) is 0 Å². The Morgan fingerprint density at radius 2 is 1.84 bits per heavy atom. The van der Waals surface area contributed by atoms with E-state index in [0.29, 0.717) is 29.5 Å². The molecule has 1 amide bonds. The lowest BCUT2D eigenvalue weighted by Gasteiger charge is -2.39. The minimum absolute atomic E-state index is 0.0710. The van der Waals surface area contributed by atoms with Gasteiger partial charge in [-0.2, -0.15) is 0 Å². The number of epoxide rings is 1. The van der Waals surface area contributed by atoms with Crippen molar-refractivity contribution in [2.24, 2.45) is 0 Å². The Morgan fingerprint density at radius 3 is 2.57 bits per heavy atom. The number of amides is 1. The number of fused-ring (bicyclic) bond motifs is 1. The molecule has 3 aromatic carbocycles. The summed E-state index contributed by atoms with van der Waals surface area (Å²) in [6.07, 6.45) is 0.145. The zero-order chi connectivity index (χ0) is 26.3. The van der Waals surface area contributed by atoms with Crippen LogP contribution in [0, 0.1) is 12.7 Å². The molecule has 1 saturated heterocycles. The monoisotopic (exact) mass is 506 g/mol. The predicted octanol–water partition coefficient (Wildman–Crippen LogP) is 5.33. The summed E-state index contributed by atoms with van der Waals surface area (Å²) in [6, 6.07) is 14.1. The first-order valence-corrected chi connectivity index (χ1v) is 12.2. The normalized spacial score (nSPS) is 17.6. The summed E-state index contributed by atoms with van der Waals surface area (Å²) in [7, 11) is 3.37. The summed E-state index contributed by atoms with van der Waals surface area (Å²) in [5, 5.41) is 3.36. The Morgan fingerprint density at radius 1 is 1.08 bits per heavy atom. The first-order chi connectivity index (χ1) is 17.7. The number of hydrogen-bond donors (Lipinski definition) is 1. The van der Waals surface area contributed by atoms with Crippen LogP contribution in [0.5, 0.6) is 17.2 Å². The quantitative estimate of drug-likeness (QED) is 0.416. The predicted molar refractivity (Wildman–Crippen MR) is 140 cm³/mol. The number of methoxy groups -OCH3 is 1. The molecule has 0 radical (unpaired) electrons. The summed E-state index contributed by atoms with van der Waals surface area (Å²) in [4.78, 5) is 14.9. The fourth-order valence-electron chi connectivity index (χ4n) is 4.65. The fourth-order valence-corrected chi connectivity index (χ4v) is 4.65. The van der Waals surface area contributed by atoms with Crippen LogP contribution in [0.4, 0.5) is 15.8 Å². The van der Waals surface area contributed by atoms with Gasteiger partial charge in [0, 0.05) is 30.3 Å². The number of carbonyl (C=O) groups is 1. The minimum Gasteiger partial charge on any atom is -0.496 e. The van der Waals surface area contributed by atoms with Gasteiger partial charge in [0.15, 0.2) is 0 Å². The number of likely N-dealkylation sites (N-methyl/N-ethyl adjacent to an activating group) is 1. The van der Waals surface area contributed by atoms with Gasteiger partial charge in [-0.3, -0.25) is 4.79 Å². The van der Waals surface area contributed by atoms with Crippen LogP contribution >= 0.6 is 0 Å². The van der Waals surface area contributed by atoms with E-state index < -0.39 is 5.54 Å². The number of anilines is 2. The third kappa shape index (κ3) is 4.93. The lowest BCUT2D eigenvalue weighted by atomic mass is 9.91. The van der Waals surface area contributed by atoms with Crippen LogP contribution in [-0.4, -0.2) is 44.9 Å². The number of carbonyl (C=O) groups excluding carboxylic acids is 1. The average Bonchev–Trinajstić information content (AvgIpc) is 3.71. The molecule has 2 aliphatic heterocycles. The largest absolute Gasteiger partial charge is 0.496 e. The Labute approximate surface area is 216 Å². The van der Waals surface area contributed by atoms with Crippen molar-refractivity contribution in [1.29, 1.82) is 0 Å². The molecule has 0 unspecified atom stereocenters. The Bertz CT molecular complexity index is 1350. The summed E-state index contributed by atoms with van der Waals surface area (Å²) < 4.78 is 36.9. The molecule has 7 nitrogen and oxygen atoms in total. The van der Waals surface area contributed by atoms with E-state index in [4.69, 9.17) is 18.9 Å². The van der Waals surface area contributed by atoms with Gasteiger partial charge >= 0.3 is 0 Å². The van der Waals surface area contributed by atoms with Gasteiger partial charge in [-0.25, -0.2) is 4.39 Å². The molecular formula is C29H31FN2O5. The standard InChI is InChI=1S/C29H31FN2O5/c1-17-6-7-18(30)12-25(17)37-16-23-21(10-11-24-27(23)32(4)28(33)29(2,3)31-24)22-9-8-19(13-26(22)34-5)35-14-20-15-36-20/h6-13,20,31H,14-16H2,1-5H3/t20-/m1/s1. The molecule has 1 fully saturated rings. The lowest BCUT2D eigenvalue weighted by molar-refractivity contribution is -0.121. The first kappa shape index (κ1) is 24.9. The number of hydrogen-bond acceptors (Lipinski definition) is 6. The van der Waals surface area contributed by atoms with Crippen LogP contribution in [0.1, 0.15) is 25.0 Å². The summed E-state index contributed by atoms with van der Waals surface area (Å²) in [6.45, 7) is 6.89. The molecule has 0 saturated carbocycles. The zero-order valence-electron chi connectivity index (χ0n) is 21.7. The highest BCUT2D eigenvalue weighted by Gasteiger charge is 2.38. The minimum atomic E-state index is -0.761. The molecule has 1 N–H and O–H groups in total. The van der Waals surface area contributed by atoms with Crippen LogP contribution in [0.3, 0.4) is 0 Å². The smallest absolute Gasteiger partial charge is 0.251 e. The number of aryl methyl sites for hydroxylation is 1. The van der Waals surface area contributed by atoms with E-state index in [2.05, 4.69) is 5.32 Å². The van der Waals surface area contributed by atoms with E-state index in [1.807, 2.05) is 51.1 Å². The highest BCUT2D eigenvalue weighted by molar-refractivity contribution is 6.08. The van der Waals surface area contributed by atoms with Crippen molar-refractivity contribution in [3.05, 3.63) is 65.5 Å². The number of benzene rings is 3. The van der Waals surface area contributed by atoms with Crippen molar-refractivity contribution in [2.45, 2.75) is 39.0 Å². The van der Waals surface area contributed by atoms with Gasteiger partial charge in [-0.05, 0) is 56.2 Å². The molecule has 0 aromatic heterocycles. The molecule has 0 aliphatic carbocycles. The van der Waals surface area contributed by atoms with E-state index in [1.165, 1.54) is 12.1 Å². The van der Waals surface area contributed by atoms with Gasteiger partial charge in [-0.1, -0.05) is 12.1 Å². The Hall–Kier alpha value is -3.78. The maximum absolute atomic E-state index is 14.0. The topological polar surface area (TPSA) is 72.6 Å². The second kappa shape index (κ2) is 9.59. The molecule has 37 heavy (non-hydrogen) atoms. The highest BCUT2D eigenvalue weighted by Crippen LogP contribution is 2.45. The van der Waals surface area contributed by atoms with E-state index >= 15 is 0 Å². The van der Waals surface area contributed by atoms with Crippen LogP contribution in [0.2, 0.25) is 0 Å². The Kier molecular flexibility index (Phi) is 6.45. The zero-order valence-corrected chi connectivity index (χ0v) is 21.7. The first-order valence-electron chi connectivity index (χ1n) is 12.2. The van der Waals surface area contributed by atoms with Gasteiger partial charge in [0.05, 0.1) is 25.1 Å². The number of ether oxygens (including phenoxy) is 4. The Balaban J connectivity index is 1.59. The number of nitrogens with zero attached hydrogens (tertiary/aromatic N) is 1. The van der Waals surface area contributed by atoms with Crippen molar-refractivity contribution in [2.75, 3.05) is 37.6 Å². The third-order valence-electron chi connectivity index (χ3n) is 6.73. The molecule has 0 bridgehead atoms. The van der Waals surface area contributed by atoms with E-state index in [1.54, 1.807) is 25.1 Å². The van der Waals surface area contributed by atoms with Gasteiger partial charge < -0.3 is 29.2 Å². The van der Waals surface area contributed by atoms with Gasteiger partial charge in [0.1, 0.15) is 47.9 Å². The molecule has 0 spiro atoms. The SMILES string of the molecule is COc1cc(OC[C@@H]2CO2)ccc1-c1ccc2c(c1COc1cc(F)ccc1C)N(C)C(=O)C(C)(C)N2. The average molecular weight is 507 g/mol. The fraction of sp³-hybridized carbons (Fsp3) is 0.345. The van der Waals surface area contributed by atoms with Crippen molar-refractivity contribution in [3.63, 3.8) is 0 Å². The number of halogens is 1. The maximum Gasteiger partial charge on any atom is 0.251 e. The molecule has 2 heterocycles. The lowest BCUT2D eigenvalue weighted by Crippen LogP contribution is -2.52. The highest BCUT2D eigenvalue weighted by atomic mass is 19.1. The molecule has 5 rings (SSSR count). The van der Waals surface area contributed by atoms with Gasteiger partial charge in [0.25, 0.3) is 5.91 Å². The maximum atomic E-state index is 14.0. The summed E-state index contributed by atoms with van der Waals surface area (Å²) >= 11 is 0. The van der Waals surface area contributed by atoms with E-state index in [-0.39, 0.29) is 24.4 Å². The van der Waals surface area contributed by atoms with Crippen molar-refractivity contribution in [3.8, 4) is 28.4 Å². The number of rotatable bonds is 8. The van der Waals surface area contributed by atoms with Crippen molar-refractivity contribution >= 4 is 17.3 Å². The molecule has 8 heteroatoms. The summed E-state index contributed by atoms with van der Waals surface area (Å²) in [5.74, 6) is 1.30. The van der Waals surface area contributed by atoms with Gasteiger partial charge in [-0.15, -0.1) is 0 Å². The second-order valence-electron chi connectivity index (χ2n) is 9.93. The third-order valence-corrected chi connectivity index (χ3v) is 6.73. The van der Waals surface area contributed by atoms with Crippen LogP contribution in [0.25, 0.3) is 11.1 Å². The molecule has 1 atom stereocenters. The number of nitrogens with one attached hydrogen (secondary N) is 1. The van der Waals surface area contributed by atoms with E-state index in [9.17, 15) is 9.18 Å².